The van der Waals surface area contributed by atoms with Crippen molar-refractivity contribution >= 4 is 57.4 Å². The minimum Gasteiger partial charge on any atom is -0.143 e. The molecular weight excluding hydrogens is 240 g/mol. The van der Waals surface area contributed by atoms with Gasteiger partial charge in [0, 0.05) is 15.2 Å². The predicted octanol–water partition coefficient (Wildman–Crippen LogP) is 4.57. The minimum atomic E-state index is 0.739. The van der Waals surface area contributed by atoms with E-state index in [1.807, 2.05) is 6.07 Å². The lowest BCUT2D eigenvalue weighted by Gasteiger charge is -2.03. The van der Waals surface area contributed by atoms with Crippen molar-refractivity contribution < 1.29 is 0 Å². The molecule has 68 valence electrons. The van der Waals surface area contributed by atoms with Gasteiger partial charge in [0.05, 0.1) is 9.72 Å². The summed E-state index contributed by atoms with van der Waals surface area (Å²) in [4.78, 5) is 2.11. The van der Waals surface area contributed by atoms with Gasteiger partial charge in [-0.3, -0.25) is 0 Å². The second kappa shape index (κ2) is 3.73. The standard InChI is InChI=1S/C9H7ClS3/c1-12-7-4-6(10)8(11)9-5(7)2-3-13-9/h2-4,11H,1H3. The van der Waals surface area contributed by atoms with Crippen LogP contribution in [0, 0.1) is 0 Å². The zero-order chi connectivity index (χ0) is 9.42. The van der Waals surface area contributed by atoms with Gasteiger partial charge in [-0.15, -0.1) is 35.7 Å². The summed E-state index contributed by atoms with van der Waals surface area (Å²) in [5.74, 6) is 0. The fourth-order valence-electron chi connectivity index (χ4n) is 1.23. The molecule has 0 unspecified atom stereocenters. The van der Waals surface area contributed by atoms with Crippen LogP contribution < -0.4 is 0 Å². The summed E-state index contributed by atoms with van der Waals surface area (Å²) >= 11 is 13.8. The zero-order valence-corrected chi connectivity index (χ0v) is 10.2. The molecule has 2 aromatic rings. The lowest BCUT2D eigenvalue weighted by Crippen LogP contribution is -1.75. The van der Waals surface area contributed by atoms with Crippen LogP contribution >= 0.6 is 47.3 Å². The fraction of sp³-hybridized carbons (Fsp3) is 0.111. The Balaban J connectivity index is 2.87. The molecule has 4 heteroatoms. The Labute approximate surface area is 95.7 Å². The highest BCUT2D eigenvalue weighted by atomic mass is 35.5. The average molecular weight is 247 g/mol. The molecule has 0 N–H and O–H groups in total. The van der Waals surface area contributed by atoms with Crippen LogP contribution in [0.3, 0.4) is 0 Å². The van der Waals surface area contributed by atoms with E-state index in [1.165, 1.54) is 15.0 Å². The van der Waals surface area contributed by atoms with Crippen LogP contribution in [-0.4, -0.2) is 6.26 Å². The molecule has 1 aromatic heterocycles. The van der Waals surface area contributed by atoms with Crippen LogP contribution in [0.2, 0.25) is 5.02 Å². The van der Waals surface area contributed by atoms with Gasteiger partial charge in [0.25, 0.3) is 0 Å². The van der Waals surface area contributed by atoms with E-state index in [1.54, 1.807) is 23.1 Å². The van der Waals surface area contributed by atoms with Crippen molar-refractivity contribution in [2.45, 2.75) is 9.79 Å². The van der Waals surface area contributed by atoms with Crippen molar-refractivity contribution in [3.63, 3.8) is 0 Å². The van der Waals surface area contributed by atoms with Gasteiger partial charge in [0.15, 0.2) is 0 Å². The zero-order valence-electron chi connectivity index (χ0n) is 6.87. The topological polar surface area (TPSA) is 0 Å². The van der Waals surface area contributed by atoms with Gasteiger partial charge in [0.2, 0.25) is 0 Å². The second-order valence-corrected chi connectivity index (χ2v) is 5.19. The summed E-state index contributed by atoms with van der Waals surface area (Å²) in [6.45, 7) is 0. The average Bonchev–Trinajstić information content (AvgIpc) is 2.60. The molecule has 0 aliphatic heterocycles. The first-order valence-corrected chi connectivity index (χ1v) is 6.59. The third kappa shape index (κ3) is 1.59. The second-order valence-electron chi connectivity index (χ2n) is 2.57. The van der Waals surface area contributed by atoms with Gasteiger partial charge in [-0.25, -0.2) is 0 Å². The van der Waals surface area contributed by atoms with Crippen LogP contribution in [0.1, 0.15) is 0 Å². The van der Waals surface area contributed by atoms with Crippen LogP contribution in [0.15, 0.2) is 27.3 Å². The Morgan fingerprint density at radius 2 is 2.31 bits per heavy atom. The minimum absolute atomic E-state index is 0.739. The van der Waals surface area contributed by atoms with Crippen LogP contribution in [0.4, 0.5) is 0 Å². The quantitative estimate of drug-likeness (QED) is 0.568. The molecule has 0 radical (unpaired) electrons. The van der Waals surface area contributed by atoms with Crippen LogP contribution in [-0.2, 0) is 0 Å². The smallest absolute Gasteiger partial charge is 0.0565 e. The summed E-state index contributed by atoms with van der Waals surface area (Å²) in [6, 6.07) is 4.09. The third-order valence-corrected chi connectivity index (χ3v) is 4.60. The maximum atomic E-state index is 6.05. The molecule has 0 amide bonds. The maximum absolute atomic E-state index is 6.05. The first-order chi connectivity index (χ1) is 6.24. The Kier molecular flexibility index (Phi) is 2.79. The first-order valence-electron chi connectivity index (χ1n) is 3.66. The number of thioether (sulfide) groups is 1. The van der Waals surface area contributed by atoms with Crippen molar-refractivity contribution in [3.05, 3.63) is 22.5 Å². The number of rotatable bonds is 1. The first kappa shape index (κ1) is 9.71. The van der Waals surface area contributed by atoms with Crippen molar-refractivity contribution in [1.82, 2.24) is 0 Å². The van der Waals surface area contributed by atoms with E-state index in [2.05, 4.69) is 30.3 Å². The Morgan fingerprint density at radius 1 is 1.54 bits per heavy atom. The normalized spacial score (nSPS) is 11.0. The highest BCUT2D eigenvalue weighted by molar-refractivity contribution is 7.98. The lowest BCUT2D eigenvalue weighted by molar-refractivity contribution is 1.48. The van der Waals surface area contributed by atoms with E-state index >= 15 is 0 Å². The molecule has 0 aliphatic rings. The van der Waals surface area contributed by atoms with Gasteiger partial charge >= 0.3 is 0 Å². The number of halogens is 1. The van der Waals surface area contributed by atoms with E-state index in [9.17, 15) is 0 Å². The molecular formula is C9H7ClS3. The molecule has 0 aliphatic carbocycles. The van der Waals surface area contributed by atoms with Gasteiger partial charge in [-0.1, -0.05) is 11.6 Å². The fourth-order valence-corrected chi connectivity index (χ4v) is 3.45. The molecule has 2 rings (SSSR count). The van der Waals surface area contributed by atoms with Crippen LogP contribution in [0.5, 0.6) is 0 Å². The summed E-state index contributed by atoms with van der Waals surface area (Å²) in [5.41, 5.74) is 0. The maximum Gasteiger partial charge on any atom is 0.0565 e. The summed E-state index contributed by atoms with van der Waals surface area (Å²) in [6.07, 6.45) is 2.06. The number of fused-ring (bicyclic) bond motifs is 1. The largest absolute Gasteiger partial charge is 0.143 e. The molecule has 0 fully saturated rings. The van der Waals surface area contributed by atoms with E-state index < -0.39 is 0 Å². The van der Waals surface area contributed by atoms with Crippen LogP contribution in [0.25, 0.3) is 10.1 Å². The van der Waals surface area contributed by atoms with Gasteiger partial charge in [0.1, 0.15) is 0 Å². The van der Waals surface area contributed by atoms with Crippen molar-refractivity contribution in [2.24, 2.45) is 0 Å². The molecule has 1 aromatic carbocycles. The Morgan fingerprint density at radius 3 is 3.00 bits per heavy atom. The molecule has 0 saturated carbocycles. The predicted molar refractivity (Wildman–Crippen MR) is 65.9 cm³/mol. The number of hydrogen-bond donors (Lipinski definition) is 1. The molecule has 0 saturated heterocycles. The molecule has 0 atom stereocenters. The molecule has 0 spiro atoms. The number of thiol groups is 1. The van der Waals surface area contributed by atoms with E-state index in [0.29, 0.717) is 0 Å². The molecule has 1 heterocycles. The highest BCUT2D eigenvalue weighted by Gasteiger charge is 2.08. The Hall–Kier alpha value is 0.170. The van der Waals surface area contributed by atoms with E-state index in [4.69, 9.17) is 11.6 Å². The van der Waals surface area contributed by atoms with Crippen molar-refractivity contribution in [1.29, 1.82) is 0 Å². The van der Waals surface area contributed by atoms with Gasteiger partial charge in [-0.2, -0.15) is 0 Å². The third-order valence-electron chi connectivity index (χ3n) is 1.85. The van der Waals surface area contributed by atoms with Crippen molar-refractivity contribution in [3.8, 4) is 0 Å². The van der Waals surface area contributed by atoms with E-state index in [0.717, 1.165) is 9.92 Å². The van der Waals surface area contributed by atoms with Gasteiger partial charge in [-0.05, 0) is 23.8 Å². The summed E-state index contributed by atoms with van der Waals surface area (Å²) in [7, 11) is 0. The van der Waals surface area contributed by atoms with Gasteiger partial charge < -0.3 is 0 Å². The molecule has 13 heavy (non-hydrogen) atoms. The molecule has 0 nitrogen and oxygen atoms in total. The molecule has 0 bridgehead atoms. The lowest BCUT2D eigenvalue weighted by atomic mass is 10.2. The Bertz CT molecular complexity index is 447. The monoisotopic (exact) mass is 246 g/mol. The number of benzene rings is 1. The SMILES string of the molecule is CSc1cc(Cl)c(S)c2sccc12. The highest BCUT2D eigenvalue weighted by Crippen LogP contribution is 2.38. The number of hydrogen-bond acceptors (Lipinski definition) is 3. The summed E-state index contributed by atoms with van der Waals surface area (Å²) in [5, 5.41) is 4.06. The number of thiophene rings is 1. The van der Waals surface area contributed by atoms with E-state index in [-0.39, 0.29) is 0 Å². The van der Waals surface area contributed by atoms with Crippen molar-refractivity contribution in [2.75, 3.05) is 6.26 Å². The summed E-state index contributed by atoms with van der Waals surface area (Å²) < 4.78 is 1.18.